The summed E-state index contributed by atoms with van der Waals surface area (Å²) in [7, 11) is 0. The summed E-state index contributed by atoms with van der Waals surface area (Å²) in [6.07, 6.45) is 8.96. The molecule has 2 N–H and O–H groups in total. The van der Waals surface area contributed by atoms with Crippen molar-refractivity contribution in [3.05, 3.63) is 47.5 Å². The lowest BCUT2D eigenvalue weighted by molar-refractivity contribution is 0.102. The molecular formula is C17H20FN3O. The lowest BCUT2D eigenvalue weighted by atomic mass is 9.85. The number of nitrogens with zero attached hydrogens (tertiary/aromatic N) is 1. The molecule has 1 aromatic carbocycles. The number of anilines is 1. The zero-order chi connectivity index (χ0) is 15.4. The van der Waals surface area contributed by atoms with E-state index >= 15 is 0 Å². The van der Waals surface area contributed by atoms with E-state index in [0.29, 0.717) is 17.3 Å². The first-order chi connectivity index (χ1) is 10.7. The first kappa shape index (κ1) is 14.8. The highest BCUT2D eigenvalue weighted by molar-refractivity contribution is 6.03. The second-order valence-corrected chi connectivity index (χ2v) is 5.94. The van der Waals surface area contributed by atoms with Gasteiger partial charge in [0, 0.05) is 11.3 Å². The molecule has 0 aliphatic heterocycles. The second-order valence-electron chi connectivity index (χ2n) is 5.94. The molecule has 1 aliphatic carbocycles. The van der Waals surface area contributed by atoms with Crippen molar-refractivity contribution in [2.24, 2.45) is 5.92 Å². The van der Waals surface area contributed by atoms with Crippen molar-refractivity contribution in [1.29, 1.82) is 0 Å². The van der Waals surface area contributed by atoms with Crippen molar-refractivity contribution in [2.75, 3.05) is 5.32 Å². The van der Waals surface area contributed by atoms with E-state index < -0.39 is 0 Å². The van der Waals surface area contributed by atoms with E-state index in [1.165, 1.54) is 44.2 Å². The summed E-state index contributed by atoms with van der Waals surface area (Å²) in [6.45, 7) is 0. The van der Waals surface area contributed by atoms with Crippen LogP contribution in [0.25, 0.3) is 0 Å². The van der Waals surface area contributed by atoms with Crippen LogP contribution in [0.2, 0.25) is 0 Å². The molecule has 5 heteroatoms. The summed E-state index contributed by atoms with van der Waals surface area (Å²) in [5, 5.41) is 9.58. The van der Waals surface area contributed by atoms with Gasteiger partial charge in [0.2, 0.25) is 0 Å². The SMILES string of the molecule is O=C(Nc1ccc(F)cc1)c1[nH]ncc1CC1CCCCC1. The van der Waals surface area contributed by atoms with E-state index in [1.54, 1.807) is 18.3 Å². The molecule has 1 saturated carbocycles. The Kier molecular flexibility index (Phi) is 4.51. The van der Waals surface area contributed by atoms with Crippen LogP contribution in [0.3, 0.4) is 0 Å². The molecule has 1 fully saturated rings. The van der Waals surface area contributed by atoms with E-state index in [-0.39, 0.29) is 11.7 Å². The molecule has 1 amide bonds. The highest BCUT2D eigenvalue weighted by Gasteiger charge is 2.19. The third-order valence-corrected chi connectivity index (χ3v) is 4.28. The van der Waals surface area contributed by atoms with Gasteiger partial charge in [-0.3, -0.25) is 9.89 Å². The molecule has 0 spiro atoms. The van der Waals surface area contributed by atoms with E-state index in [0.717, 1.165) is 12.0 Å². The Bertz CT molecular complexity index is 630. The largest absolute Gasteiger partial charge is 0.321 e. The number of hydrogen-bond acceptors (Lipinski definition) is 2. The minimum Gasteiger partial charge on any atom is -0.321 e. The van der Waals surface area contributed by atoms with Gasteiger partial charge in [-0.05, 0) is 36.6 Å². The van der Waals surface area contributed by atoms with Crippen molar-refractivity contribution in [3.8, 4) is 0 Å². The number of hydrogen-bond donors (Lipinski definition) is 2. The highest BCUT2D eigenvalue weighted by Crippen LogP contribution is 2.27. The minimum atomic E-state index is -0.322. The third-order valence-electron chi connectivity index (χ3n) is 4.28. The maximum absolute atomic E-state index is 12.9. The third kappa shape index (κ3) is 3.53. The summed E-state index contributed by atoms with van der Waals surface area (Å²) in [5.74, 6) is 0.0937. The Morgan fingerprint density at radius 1 is 1.23 bits per heavy atom. The highest BCUT2D eigenvalue weighted by atomic mass is 19.1. The summed E-state index contributed by atoms with van der Waals surface area (Å²) < 4.78 is 12.9. The van der Waals surface area contributed by atoms with Crippen LogP contribution in [0.4, 0.5) is 10.1 Å². The summed E-state index contributed by atoms with van der Waals surface area (Å²) in [5.41, 5.74) is 2.05. The topological polar surface area (TPSA) is 57.8 Å². The Hall–Kier alpha value is -2.17. The fourth-order valence-corrected chi connectivity index (χ4v) is 3.09. The van der Waals surface area contributed by atoms with Gasteiger partial charge in [-0.2, -0.15) is 5.10 Å². The molecule has 4 nitrogen and oxygen atoms in total. The number of benzene rings is 1. The molecule has 0 bridgehead atoms. The van der Waals surface area contributed by atoms with Crippen LogP contribution in [0, 0.1) is 11.7 Å². The second kappa shape index (κ2) is 6.73. The van der Waals surface area contributed by atoms with Crippen molar-refractivity contribution < 1.29 is 9.18 Å². The molecule has 1 heterocycles. The minimum absolute atomic E-state index is 0.227. The number of H-pyrrole nitrogens is 1. The fourth-order valence-electron chi connectivity index (χ4n) is 3.09. The summed E-state index contributed by atoms with van der Waals surface area (Å²) in [4.78, 5) is 12.3. The number of aromatic amines is 1. The zero-order valence-electron chi connectivity index (χ0n) is 12.4. The van der Waals surface area contributed by atoms with Gasteiger partial charge in [-0.1, -0.05) is 32.1 Å². The van der Waals surface area contributed by atoms with Crippen LogP contribution < -0.4 is 5.32 Å². The van der Waals surface area contributed by atoms with E-state index in [2.05, 4.69) is 15.5 Å². The van der Waals surface area contributed by atoms with Gasteiger partial charge < -0.3 is 5.32 Å². The van der Waals surface area contributed by atoms with E-state index in [4.69, 9.17) is 0 Å². The maximum Gasteiger partial charge on any atom is 0.273 e. The molecule has 0 unspecified atom stereocenters. The van der Waals surface area contributed by atoms with Gasteiger partial charge in [0.25, 0.3) is 5.91 Å². The fraction of sp³-hybridized carbons (Fsp3) is 0.412. The predicted molar refractivity (Wildman–Crippen MR) is 83.2 cm³/mol. The number of carbonyl (C=O) groups excluding carboxylic acids is 1. The molecule has 2 aromatic rings. The Balaban J connectivity index is 1.67. The van der Waals surface area contributed by atoms with Crippen molar-refractivity contribution in [2.45, 2.75) is 38.5 Å². The first-order valence-electron chi connectivity index (χ1n) is 7.81. The molecule has 3 rings (SSSR count). The number of nitrogens with one attached hydrogen (secondary N) is 2. The lowest BCUT2D eigenvalue weighted by Crippen LogP contribution is -2.16. The van der Waals surface area contributed by atoms with Crippen LogP contribution in [0.5, 0.6) is 0 Å². The average Bonchev–Trinajstić information content (AvgIpc) is 2.99. The van der Waals surface area contributed by atoms with Crippen molar-refractivity contribution in [3.63, 3.8) is 0 Å². The van der Waals surface area contributed by atoms with Gasteiger partial charge in [0.05, 0.1) is 6.20 Å². The molecule has 0 atom stereocenters. The van der Waals surface area contributed by atoms with Gasteiger partial charge in [0.15, 0.2) is 0 Å². The molecule has 22 heavy (non-hydrogen) atoms. The van der Waals surface area contributed by atoms with Gasteiger partial charge in [-0.15, -0.1) is 0 Å². The molecular weight excluding hydrogens is 281 g/mol. The number of aromatic nitrogens is 2. The van der Waals surface area contributed by atoms with Crippen molar-refractivity contribution >= 4 is 11.6 Å². The summed E-state index contributed by atoms with van der Waals surface area (Å²) in [6, 6.07) is 5.74. The number of amides is 1. The normalized spacial score (nSPS) is 15.7. The Morgan fingerprint density at radius 3 is 2.68 bits per heavy atom. The van der Waals surface area contributed by atoms with Gasteiger partial charge in [0.1, 0.15) is 11.5 Å². The Labute approximate surface area is 129 Å². The van der Waals surface area contributed by atoms with Crippen LogP contribution >= 0.6 is 0 Å². The Morgan fingerprint density at radius 2 is 1.95 bits per heavy atom. The number of rotatable bonds is 4. The van der Waals surface area contributed by atoms with Gasteiger partial charge in [-0.25, -0.2) is 4.39 Å². The standard InChI is InChI=1S/C17H20FN3O/c18-14-6-8-15(9-7-14)20-17(22)16-13(11-19-21-16)10-12-4-2-1-3-5-12/h6-9,11-12H,1-5,10H2,(H,19,21)(H,20,22). The number of carbonyl (C=O) groups is 1. The molecule has 0 radical (unpaired) electrons. The van der Waals surface area contributed by atoms with Crippen molar-refractivity contribution in [1.82, 2.24) is 10.2 Å². The molecule has 1 aromatic heterocycles. The summed E-state index contributed by atoms with van der Waals surface area (Å²) >= 11 is 0. The monoisotopic (exact) mass is 301 g/mol. The predicted octanol–water partition coefficient (Wildman–Crippen LogP) is 3.92. The van der Waals surface area contributed by atoms with E-state index in [1.807, 2.05) is 0 Å². The lowest BCUT2D eigenvalue weighted by Gasteiger charge is -2.21. The van der Waals surface area contributed by atoms with Gasteiger partial charge >= 0.3 is 0 Å². The molecule has 1 aliphatic rings. The average molecular weight is 301 g/mol. The van der Waals surface area contributed by atoms with Crippen LogP contribution in [0.1, 0.15) is 48.2 Å². The number of halogens is 1. The maximum atomic E-state index is 12.9. The van der Waals surface area contributed by atoms with Crippen LogP contribution in [0.15, 0.2) is 30.5 Å². The quantitative estimate of drug-likeness (QED) is 0.899. The zero-order valence-corrected chi connectivity index (χ0v) is 12.4. The molecule has 0 saturated heterocycles. The van der Waals surface area contributed by atoms with Crippen LogP contribution in [-0.2, 0) is 6.42 Å². The van der Waals surface area contributed by atoms with Crippen LogP contribution in [-0.4, -0.2) is 16.1 Å². The molecule has 116 valence electrons. The van der Waals surface area contributed by atoms with E-state index in [9.17, 15) is 9.18 Å². The first-order valence-corrected chi connectivity index (χ1v) is 7.81. The smallest absolute Gasteiger partial charge is 0.273 e.